The molecule has 0 bridgehead atoms. The van der Waals surface area contributed by atoms with Crippen LogP contribution < -0.4 is 0 Å². The van der Waals surface area contributed by atoms with Crippen molar-refractivity contribution >= 4 is 5.82 Å². The van der Waals surface area contributed by atoms with Crippen molar-refractivity contribution in [1.29, 1.82) is 0 Å². The van der Waals surface area contributed by atoms with Crippen molar-refractivity contribution in [2.75, 3.05) is 6.61 Å². The van der Waals surface area contributed by atoms with Gasteiger partial charge in [-0.2, -0.15) is 4.68 Å². The number of rotatable bonds is 7. The summed E-state index contributed by atoms with van der Waals surface area (Å²) in [5, 5.41) is 23.0. The summed E-state index contributed by atoms with van der Waals surface area (Å²) in [7, 11) is 0. The van der Waals surface area contributed by atoms with Gasteiger partial charge in [0.25, 0.3) is 0 Å². The Labute approximate surface area is 94.0 Å². The number of nitrogens with zero attached hydrogens (tertiary/aromatic N) is 3. The Hall–Kier alpha value is -1.43. The van der Waals surface area contributed by atoms with Gasteiger partial charge in [0.2, 0.25) is 0 Å². The van der Waals surface area contributed by atoms with Gasteiger partial charge in [0.1, 0.15) is 0 Å². The molecule has 0 fully saturated rings. The van der Waals surface area contributed by atoms with Gasteiger partial charge >= 0.3 is 5.82 Å². The molecule has 0 radical (unpaired) electrons. The van der Waals surface area contributed by atoms with Crippen molar-refractivity contribution in [3.8, 4) is 0 Å². The Morgan fingerprint density at radius 2 is 2.12 bits per heavy atom. The molecule has 0 aliphatic rings. The molecule has 1 aromatic heterocycles. The summed E-state index contributed by atoms with van der Waals surface area (Å²) < 4.78 is 1.62. The molecule has 90 valence electrons. The van der Waals surface area contributed by atoms with Gasteiger partial charge < -0.3 is 15.2 Å². The molecule has 1 heterocycles. The summed E-state index contributed by atoms with van der Waals surface area (Å²) in [5.74, 6) is -0.0599. The van der Waals surface area contributed by atoms with E-state index in [9.17, 15) is 10.1 Å². The van der Waals surface area contributed by atoms with Crippen LogP contribution in [-0.2, 0) is 6.54 Å². The van der Waals surface area contributed by atoms with Crippen LogP contribution in [0.5, 0.6) is 0 Å². The minimum absolute atomic E-state index is 0.0599. The van der Waals surface area contributed by atoms with Gasteiger partial charge in [-0.25, -0.2) is 0 Å². The maximum absolute atomic E-state index is 10.6. The summed E-state index contributed by atoms with van der Waals surface area (Å²) in [6.45, 7) is 2.61. The number of aromatic nitrogens is 2. The molecule has 1 rings (SSSR count). The van der Waals surface area contributed by atoms with Crippen molar-refractivity contribution in [3.63, 3.8) is 0 Å². The Kier molecular flexibility index (Phi) is 4.91. The Balaban J connectivity index is 2.37. The molecule has 1 aromatic rings. The molecule has 0 unspecified atom stereocenters. The molecule has 0 saturated carbocycles. The fraction of sp³-hybridized carbons (Fsp3) is 0.700. The van der Waals surface area contributed by atoms with Gasteiger partial charge in [0.15, 0.2) is 0 Å². The largest absolute Gasteiger partial charge is 0.396 e. The molecule has 1 N–H and O–H groups in total. The smallest absolute Gasteiger partial charge is 0.392 e. The van der Waals surface area contributed by atoms with E-state index in [1.165, 1.54) is 0 Å². The lowest BCUT2D eigenvalue weighted by Crippen LogP contribution is -2.00. The van der Waals surface area contributed by atoms with Crippen LogP contribution in [0, 0.1) is 17.0 Å². The zero-order chi connectivity index (χ0) is 12.0. The average molecular weight is 227 g/mol. The molecule has 0 saturated heterocycles. The van der Waals surface area contributed by atoms with Gasteiger partial charge in [-0.1, -0.05) is 12.8 Å². The minimum atomic E-state index is -0.461. The second-order valence-electron chi connectivity index (χ2n) is 3.79. The van der Waals surface area contributed by atoms with Gasteiger partial charge in [-0.3, -0.25) is 0 Å². The number of hydrogen-bond acceptors (Lipinski definition) is 4. The van der Waals surface area contributed by atoms with Crippen molar-refractivity contribution in [3.05, 3.63) is 21.9 Å². The monoisotopic (exact) mass is 227 g/mol. The third kappa shape index (κ3) is 3.62. The van der Waals surface area contributed by atoms with Crippen LogP contribution in [0.15, 0.2) is 6.20 Å². The first kappa shape index (κ1) is 12.6. The molecule has 6 heteroatoms. The van der Waals surface area contributed by atoms with E-state index >= 15 is 0 Å². The standard InChI is InChI=1S/C10H17N3O3/c1-9-8-12(11-10(9)13(15)16)6-4-2-3-5-7-14/h8,14H,2-7H2,1H3. The Morgan fingerprint density at radius 3 is 2.69 bits per heavy atom. The first-order valence-electron chi connectivity index (χ1n) is 5.44. The van der Waals surface area contributed by atoms with Crippen LogP contribution >= 0.6 is 0 Å². The molecular weight excluding hydrogens is 210 g/mol. The maximum Gasteiger partial charge on any atom is 0.392 e. The fourth-order valence-corrected chi connectivity index (χ4v) is 1.54. The summed E-state index contributed by atoms with van der Waals surface area (Å²) in [5.41, 5.74) is 0.598. The molecule has 0 spiro atoms. The van der Waals surface area contributed by atoms with Crippen LogP contribution in [0.2, 0.25) is 0 Å². The molecular formula is C10H17N3O3. The van der Waals surface area contributed by atoms with E-state index in [0.717, 1.165) is 25.7 Å². The average Bonchev–Trinajstić information content (AvgIpc) is 2.59. The highest BCUT2D eigenvalue weighted by molar-refractivity contribution is 5.27. The van der Waals surface area contributed by atoms with Crippen LogP contribution in [0.1, 0.15) is 31.2 Å². The third-order valence-corrected chi connectivity index (χ3v) is 2.39. The zero-order valence-electron chi connectivity index (χ0n) is 9.43. The van der Waals surface area contributed by atoms with Crippen molar-refractivity contribution in [1.82, 2.24) is 9.78 Å². The molecule has 6 nitrogen and oxygen atoms in total. The SMILES string of the molecule is Cc1cn(CCCCCCO)nc1[N+](=O)[O-]. The van der Waals surface area contributed by atoms with Crippen LogP contribution in [0.4, 0.5) is 5.82 Å². The van der Waals surface area contributed by atoms with Crippen LogP contribution in [0.25, 0.3) is 0 Å². The second kappa shape index (κ2) is 6.22. The van der Waals surface area contributed by atoms with Gasteiger partial charge in [0, 0.05) is 6.61 Å². The second-order valence-corrected chi connectivity index (χ2v) is 3.79. The summed E-state index contributed by atoms with van der Waals surface area (Å²) in [6.07, 6.45) is 5.44. The fourth-order valence-electron chi connectivity index (χ4n) is 1.54. The highest BCUT2D eigenvalue weighted by Gasteiger charge is 2.16. The van der Waals surface area contributed by atoms with Crippen LogP contribution in [0.3, 0.4) is 0 Å². The van der Waals surface area contributed by atoms with E-state index in [0.29, 0.717) is 12.1 Å². The molecule has 0 aliphatic carbocycles. The molecule has 0 aromatic carbocycles. The van der Waals surface area contributed by atoms with E-state index < -0.39 is 4.92 Å². The van der Waals surface area contributed by atoms with E-state index in [2.05, 4.69) is 5.10 Å². The number of aryl methyl sites for hydroxylation is 2. The highest BCUT2D eigenvalue weighted by atomic mass is 16.6. The summed E-state index contributed by atoms with van der Waals surface area (Å²) >= 11 is 0. The normalized spacial score (nSPS) is 10.6. The molecule has 0 atom stereocenters. The van der Waals surface area contributed by atoms with Crippen molar-refractivity contribution < 1.29 is 10.0 Å². The lowest BCUT2D eigenvalue weighted by Gasteiger charge is -1.97. The van der Waals surface area contributed by atoms with Gasteiger partial charge in [0.05, 0.1) is 23.4 Å². The van der Waals surface area contributed by atoms with E-state index in [1.807, 2.05) is 0 Å². The van der Waals surface area contributed by atoms with E-state index in [-0.39, 0.29) is 12.4 Å². The number of hydrogen-bond donors (Lipinski definition) is 1. The topological polar surface area (TPSA) is 81.2 Å². The molecule has 0 amide bonds. The van der Waals surface area contributed by atoms with Gasteiger partial charge in [-0.15, -0.1) is 0 Å². The quantitative estimate of drug-likeness (QED) is 0.436. The van der Waals surface area contributed by atoms with Crippen molar-refractivity contribution in [2.45, 2.75) is 39.2 Å². The Morgan fingerprint density at radius 1 is 1.44 bits per heavy atom. The maximum atomic E-state index is 10.6. The first-order chi connectivity index (χ1) is 7.65. The summed E-state index contributed by atoms with van der Waals surface area (Å²) in [4.78, 5) is 10.1. The first-order valence-corrected chi connectivity index (χ1v) is 5.44. The molecule has 0 aliphatic heterocycles. The number of nitro groups is 1. The van der Waals surface area contributed by atoms with E-state index in [4.69, 9.17) is 5.11 Å². The number of unbranched alkanes of at least 4 members (excludes halogenated alkanes) is 3. The predicted octanol–water partition coefficient (Wildman–Crippen LogP) is 1.65. The third-order valence-electron chi connectivity index (χ3n) is 2.39. The lowest BCUT2D eigenvalue weighted by molar-refractivity contribution is -0.390. The van der Waals surface area contributed by atoms with E-state index in [1.54, 1.807) is 17.8 Å². The highest BCUT2D eigenvalue weighted by Crippen LogP contribution is 2.14. The van der Waals surface area contributed by atoms with Crippen molar-refractivity contribution in [2.24, 2.45) is 0 Å². The molecule has 16 heavy (non-hydrogen) atoms. The number of aliphatic hydroxyl groups excluding tert-OH is 1. The Bertz CT molecular complexity index is 349. The van der Waals surface area contributed by atoms with Crippen LogP contribution in [-0.4, -0.2) is 26.4 Å². The predicted molar refractivity (Wildman–Crippen MR) is 59.2 cm³/mol. The number of aliphatic hydroxyl groups is 1. The minimum Gasteiger partial charge on any atom is -0.396 e. The summed E-state index contributed by atoms with van der Waals surface area (Å²) in [6, 6.07) is 0. The lowest BCUT2D eigenvalue weighted by atomic mass is 10.2. The zero-order valence-corrected chi connectivity index (χ0v) is 9.43. The van der Waals surface area contributed by atoms with Gasteiger partial charge in [-0.05, 0) is 24.7 Å².